The molecule has 32 heavy (non-hydrogen) atoms. The van der Waals surface area contributed by atoms with Crippen LogP contribution >= 0.6 is 23.2 Å². The number of carbonyl (C=O) groups excluding carboxylic acids is 1. The van der Waals surface area contributed by atoms with E-state index in [2.05, 4.69) is 10.3 Å². The number of alkyl halides is 5. The summed E-state index contributed by atoms with van der Waals surface area (Å²) in [4.78, 5) is 16.0. The summed E-state index contributed by atoms with van der Waals surface area (Å²) in [5, 5.41) is 12.5. The molecule has 1 aliphatic rings. The normalized spacial score (nSPS) is 18.8. The molecule has 0 bridgehead atoms. The number of pyridine rings is 1. The van der Waals surface area contributed by atoms with E-state index in [0.29, 0.717) is 6.07 Å². The molecule has 3 rings (SSSR count). The van der Waals surface area contributed by atoms with E-state index >= 15 is 0 Å². The Morgan fingerprint density at radius 2 is 1.69 bits per heavy atom. The van der Waals surface area contributed by atoms with Crippen molar-refractivity contribution in [1.29, 1.82) is 0 Å². The third-order valence-corrected chi connectivity index (χ3v) is 5.90. The Labute approximate surface area is 188 Å². The molecule has 1 amide bonds. The summed E-state index contributed by atoms with van der Waals surface area (Å²) in [5.41, 5.74) is -4.56. The lowest BCUT2D eigenvalue weighted by Gasteiger charge is -2.42. The van der Waals surface area contributed by atoms with Crippen LogP contribution in [0.25, 0.3) is 0 Å². The van der Waals surface area contributed by atoms with Gasteiger partial charge in [-0.2, -0.15) is 13.2 Å². The monoisotopic (exact) mass is 500 g/mol. The molecule has 1 aromatic carbocycles. The second kappa shape index (κ2) is 8.72. The largest absolute Gasteiger partial charge is 0.433 e. The lowest BCUT2D eigenvalue weighted by Crippen LogP contribution is -2.50. The van der Waals surface area contributed by atoms with Gasteiger partial charge in [0.05, 0.1) is 21.7 Å². The van der Waals surface area contributed by atoms with Crippen molar-refractivity contribution < 1.29 is 36.2 Å². The van der Waals surface area contributed by atoms with Crippen molar-refractivity contribution >= 4 is 29.1 Å². The molecule has 1 unspecified atom stereocenters. The van der Waals surface area contributed by atoms with Gasteiger partial charge in [0.25, 0.3) is 5.91 Å². The quantitative estimate of drug-likeness (QED) is 0.509. The zero-order valence-corrected chi connectivity index (χ0v) is 17.6. The van der Waals surface area contributed by atoms with Crippen molar-refractivity contribution in [1.82, 2.24) is 10.3 Å². The van der Waals surface area contributed by atoms with Crippen molar-refractivity contribution in [2.45, 2.75) is 49.4 Å². The van der Waals surface area contributed by atoms with Crippen LogP contribution in [0, 0.1) is 5.82 Å². The first-order valence-corrected chi connectivity index (χ1v) is 10.1. The maximum absolute atomic E-state index is 14.7. The fourth-order valence-electron chi connectivity index (χ4n) is 3.54. The third kappa shape index (κ3) is 5.13. The maximum Gasteiger partial charge on any atom is 0.433 e. The van der Waals surface area contributed by atoms with Gasteiger partial charge in [0, 0.05) is 18.4 Å². The highest BCUT2D eigenvalue weighted by Gasteiger charge is 2.48. The van der Waals surface area contributed by atoms with Crippen LogP contribution in [0.3, 0.4) is 0 Å². The molecule has 1 aliphatic carbocycles. The van der Waals surface area contributed by atoms with E-state index in [-0.39, 0.29) is 10.6 Å². The second-order valence-electron chi connectivity index (χ2n) is 7.53. The molecule has 4 nitrogen and oxygen atoms in total. The number of nitrogens with zero attached hydrogens (tertiary/aromatic N) is 1. The van der Waals surface area contributed by atoms with E-state index in [1.807, 2.05) is 0 Å². The zero-order chi connectivity index (χ0) is 23.9. The molecule has 1 atom stereocenters. The minimum absolute atomic E-state index is 0.318. The predicted molar refractivity (Wildman–Crippen MR) is 104 cm³/mol. The summed E-state index contributed by atoms with van der Waals surface area (Å²) in [7, 11) is 0. The van der Waals surface area contributed by atoms with Crippen LogP contribution in [-0.4, -0.2) is 27.5 Å². The number of hydrogen-bond donors (Lipinski definition) is 2. The molecule has 174 valence electrons. The topological polar surface area (TPSA) is 62.2 Å². The van der Waals surface area contributed by atoms with Gasteiger partial charge in [0.1, 0.15) is 17.2 Å². The first-order chi connectivity index (χ1) is 14.7. The van der Waals surface area contributed by atoms with Crippen molar-refractivity contribution in [2.75, 3.05) is 0 Å². The maximum atomic E-state index is 14.7. The number of rotatable bonds is 4. The molecule has 12 heteroatoms. The lowest BCUT2D eigenvalue weighted by molar-refractivity contribution is -0.141. The molecule has 2 N–H and O–H groups in total. The number of nitrogens with one attached hydrogen (secondary N) is 1. The van der Waals surface area contributed by atoms with Gasteiger partial charge < -0.3 is 10.4 Å². The molecule has 0 aliphatic heterocycles. The van der Waals surface area contributed by atoms with E-state index in [9.17, 15) is 36.2 Å². The smallest absolute Gasteiger partial charge is 0.387 e. The summed E-state index contributed by atoms with van der Waals surface area (Å²) in [6.07, 6.45) is -7.37. The van der Waals surface area contributed by atoms with Crippen LogP contribution in [0.2, 0.25) is 10.0 Å². The van der Waals surface area contributed by atoms with Crippen LogP contribution in [0.5, 0.6) is 0 Å². The first-order valence-electron chi connectivity index (χ1n) is 9.32. The molecule has 1 saturated carbocycles. The van der Waals surface area contributed by atoms with Gasteiger partial charge in [-0.25, -0.2) is 18.2 Å². The third-order valence-electron chi connectivity index (χ3n) is 5.30. The Hall–Kier alpha value is -2.04. The van der Waals surface area contributed by atoms with Crippen LogP contribution in [-0.2, 0) is 6.18 Å². The molecule has 2 aromatic rings. The van der Waals surface area contributed by atoms with E-state index in [1.165, 1.54) is 18.2 Å². The summed E-state index contributed by atoms with van der Waals surface area (Å²) >= 11 is 11.6. The highest BCUT2D eigenvalue weighted by atomic mass is 35.5. The fraction of sp³-hybridized carbons (Fsp3) is 0.400. The summed E-state index contributed by atoms with van der Waals surface area (Å²) < 4.78 is 81.1. The van der Waals surface area contributed by atoms with E-state index in [0.717, 1.165) is 6.07 Å². The number of aromatic nitrogens is 1. The van der Waals surface area contributed by atoms with Gasteiger partial charge in [-0.3, -0.25) is 4.79 Å². The van der Waals surface area contributed by atoms with Crippen LogP contribution in [0.4, 0.5) is 26.3 Å². The van der Waals surface area contributed by atoms with Crippen molar-refractivity contribution in [2.24, 2.45) is 0 Å². The lowest BCUT2D eigenvalue weighted by atomic mass is 9.75. The number of halogens is 8. The summed E-state index contributed by atoms with van der Waals surface area (Å²) in [6.45, 7) is 0. The van der Waals surface area contributed by atoms with E-state index in [1.54, 1.807) is 0 Å². The number of amides is 1. The molecular formula is C20H16Cl2F6N2O2. The van der Waals surface area contributed by atoms with Crippen molar-refractivity contribution in [3.05, 3.63) is 63.1 Å². The van der Waals surface area contributed by atoms with E-state index in [4.69, 9.17) is 23.2 Å². The molecular weight excluding hydrogens is 485 g/mol. The Morgan fingerprint density at radius 3 is 2.28 bits per heavy atom. The minimum atomic E-state index is -4.87. The predicted octanol–water partition coefficient (Wildman–Crippen LogP) is 5.96. The highest BCUT2D eigenvalue weighted by molar-refractivity contribution is 6.33. The van der Waals surface area contributed by atoms with Gasteiger partial charge in [0.2, 0.25) is 5.92 Å². The van der Waals surface area contributed by atoms with Gasteiger partial charge in [-0.1, -0.05) is 35.3 Å². The summed E-state index contributed by atoms with van der Waals surface area (Å²) in [6, 6.07) is 3.47. The Morgan fingerprint density at radius 1 is 1.06 bits per heavy atom. The van der Waals surface area contributed by atoms with Gasteiger partial charge in [-0.15, -0.1) is 0 Å². The first kappa shape index (κ1) is 24.6. The zero-order valence-electron chi connectivity index (χ0n) is 16.1. The van der Waals surface area contributed by atoms with Crippen molar-refractivity contribution in [3.63, 3.8) is 0 Å². The molecule has 1 heterocycles. The molecule has 0 saturated heterocycles. The van der Waals surface area contributed by atoms with Crippen LogP contribution in [0.15, 0.2) is 30.3 Å². The Kier molecular flexibility index (Phi) is 6.70. The van der Waals surface area contributed by atoms with Gasteiger partial charge >= 0.3 is 6.18 Å². The number of hydrogen-bond acceptors (Lipinski definition) is 3. The number of carbonyl (C=O) groups is 1. The highest BCUT2D eigenvalue weighted by Crippen LogP contribution is 2.45. The Bertz CT molecular complexity index is 1020. The standard InChI is InChI=1S/C20H16Cl2F6N2O2/c21-11-3-1-2-10(14(11)23)16(18(32)6-8-19(24,25)9-7-18)30-17(31)15-12(22)4-5-13(29-15)20(26,27)28/h1-5,16,32H,6-9H2,(H,30,31). The van der Waals surface area contributed by atoms with Gasteiger partial charge in [-0.05, 0) is 31.0 Å². The second-order valence-corrected chi connectivity index (χ2v) is 8.35. The van der Waals surface area contributed by atoms with E-state index < -0.39 is 77.6 Å². The molecule has 1 fully saturated rings. The SMILES string of the molecule is O=C(NC(c1cccc(Cl)c1F)C1(O)CCC(F)(F)CC1)c1nc(C(F)(F)F)ccc1Cl. The Balaban J connectivity index is 2.02. The van der Waals surface area contributed by atoms with Crippen molar-refractivity contribution in [3.8, 4) is 0 Å². The van der Waals surface area contributed by atoms with Crippen LogP contribution in [0.1, 0.15) is 53.5 Å². The summed E-state index contributed by atoms with van der Waals surface area (Å²) in [5.74, 6) is -5.33. The average molecular weight is 501 g/mol. The molecule has 0 spiro atoms. The average Bonchev–Trinajstić information content (AvgIpc) is 2.70. The fourth-order valence-corrected chi connectivity index (χ4v) is 3.91. The molecule has 0 radical (unpaired) electrons. The minimum Gasteiger partial charge on any atom is -0.387 e. The number of benzene rings is 1. The van der Waals surface area contributed by atoms with Gasteiger partial charge in [0.15, 0.2) is 0 Å². The number of aliphatic hydroxyl groups is 1. The van der Waals surface area contributed by atoms with Crippen LogP contribution < -0.4 is 5.32 Å². The molecule has 1 aromatic heterocycles.